The third kappa shape index (κ3) is 7.73. The molecule has 0 aliphatic rings. The largest absolute Gasteiger partial charge is 0.467 e. The maximum absolute atomic E-state index is 14.5. The highest BCUT2D eigenvalue weighted by atomic mass is 35.5. The van der Waals surface area contributed by atoms with Gasteiger partial charge in [-0.15, -0.1) is 5.10 Å². The lowest BCUT2D eigenvalue weighted by atomic mass is 10.1. The number of nitrogens with zero attached hydrogens (tertiary/aromatic N) is 4. The van der Waals surface area contributed by atoms with Gasteiger partial charge < -0.3 is 19.2 Å². The van der Waals surface area contributed by atoms with Gasteiger partial charge in [0.15, 0.2) is 5.82 Å². The molecule has 0 aliphatic carbocycles. The second-order valence-electron chi connectivity index (χ2n) is 10.7. The summed E-state index contributed by atoms with van der Waals surface area (Å²) in [5, 5.41) is 6.64. The highest BCUT2D eigenvalue weighted by Gasteiger charge is 2.30. The molecule has 3 heterocycles. The third-order valence-corrected chi connectivity index (χ3v) is 5.62. The Labute approximate surface area is 230 Å². The van der Waals surface area contributed by atoms with Crippen LogP contribution in [0.3, 0.4) is 0 Å². The first kappa shape index (κ1) is 29.5. The second-order valence-corrected chi connectivity index (χ2v) is 11.4. The molecule has 0 aromatic carbocycles. The first-order chi connectivity index (χ1) is 17.5. The minimum atomic E-state index is -1.44. The Hall–Kier alpha value is -3.05. The van der Waals surface area contributed by atoms with Gasteiger partial charge >= 0.3 is 12.2 Å². The van der Waals surface area contributed by atoms with Crippen molar-refractivity contribution < 1.29 is 27.9 Å². The first-order valence-electron chi connectivity index (χ1n) is 11.9. The summed E-state index contributed by atoms with van der Waals surface area (Å²) in [4.78, 5) is 31.1. The van der Waals surface area contributed by atoms with Crippen molar-refractivity contribution in [1.29, 1.82) is 0 Å². The van der Waals surface area contributed by atoms with E-state index in [-0.39, 0.29) is 29.2 Å². The van der Waals surface area contributed by atoms with Crippen molar-refractivity contribution >= 4 is 46.7 Å². The van der Waals surface area contributed by atoms with Crippen molar-refractivity contribution in [3.05, 3.63) is 46.2 Å². The molecule has 3 aromatic heterocycles. The molecular weight excluding hydrogens is 540 g/mol. The lowest BCUT2D eigenvalue weighted by Gasteiger charge is -2.26. The van der Waals surface area contributed by atoms with Crippen LogP contribution in [-0.2, 0) is 22.4 Å². The van der Waals surface area contributed by atoms with Crippen molar-refractivity contribution in [2.24, 2.45) is 0 Å². The summed E-state index contributed by atoms with van der Waals surface area (Å²) < 4.78 is 32.1. The summed E-state index contributed by atoms with van der Waals surface area (Å²) in [6, 6.07) is 4.04. The Morgan fingerprint density at radius 2 is 1.84 bits per heavy atom. The van der Waals surface area contributed by atoms with Crippen LogP contribution >= 0.6 is 23.2 Å². The molecule has 13 heteroatoms. The van der Waals surface area contributed by atoms with E-state index in [2.05, 4.69) is 15.4 Å². The minimum Gasteiger partial charge on any atom is -0.467 e. The number of alkyl halides is 1. The van der Waals surface area contributed by atoms with Crippen LogP contribution < -0.4 is 10.2 Å². The first-order valence-corrected chi connectivity index (χ1v) is 12.7. The van der Waals surface area contributed by atoms with Crippen LogP contribution in [0.15, 0.2) is 28.9 Å². The van der Waals surface area contributed by atoms with E-state index in [0.29, 0.717) is 16.8 Å². The van der Waals surface area contributed by atoms with E-state index >= 15 is 0 Å². The summed E-state index contributed by atoms with van der Waals surface area (Å²) in [5.41, 5.74) is -0.794. The fourth-order valence-corrected chi connectivity index (χ4v) is 3.92. The number of hydrogen-bond donors (Lipinski definition) is 1. The highest BCUT2D eigenvalue weighted by molar-refractivity contribution is 6.31. The zero-order chi connectivity index (χ0) is 28.4. The molecule has 0 aliphatic heterocycles. The molecule has 0 saturated heterocycles. The number of rotatable bonds is 7. The second kappa shape index (κ2) is 11.4. The highest BCUT2D eigenvalue weighted by Crippen LogP contribution is 2.31. The number of halogens is 3. The Morgan fingerprint density at radius 1 is 1.18 bits per heavy atom. The molecule has 2 amide bonds. The maximum Gasteiger partial charge on any atom is 0.416 e. The van der Waals surface area contributed by atoms with Gasteiger partial charge in [-0.1, -0.05) is 11.6 Å². The molecule has 10 nitrogen and oxygen atoms in total. The number of furan rings is 1. The predicted octanol–water partition coefficient (Wildman–Crippen LogP) is 6.36. The molecule has 0 radical (unpaired) electrons. The van der Waals surface area contributed by atoms with E-state index in [1.54, 1.807) is 59.7 Å². The van der Waals surface area contributed by atoms with Crippen molar-refractivity contribution in [2.45, 2.75) is 84.8 Å². The Balaban J connectivity index is 2.03. The maximum atomic E-state index is 14.5. The number of anilines is 1. The van der Waals surface area contributed by atoms with Gasteiger partial charge in [-0.3, -0.25) is 4.90 Å². The van der Waals surface area contributed by atoms with Gasteiger partial charge in [0.2, 0.25) is 5.28 Å². The SMILES string of the molecule is C[C@H](F)[C@@H](Cc1cc2c(N(Cc3ccco3)C(=O)OC(C)(C)C)nc(Cl)nn2c1Cl)NC(=O)OC(C)(C)C. The Morgan fingerprint density at radius 3 is 2.39 bits per heavy atom. The van der Waals surface area contributed by atoms with Gasteiger partial charge in [-0.2, -0.15) is 4.98 Å². The van der Waals surface area contributed by atoms with E-state index in [9.17, 15) is 14.0 Å². The molecule has 0 fully saturated rings. The van der Waals surface area contributed by atoms with E-state index in [1.165, 1.54) is 22.6 Å². The van der Waals surface area contributed by atoms with E-state index < -0.39 is 35.6 Å². The van der Waals surface area contributed by atoms with Crippen LogP contribution in [0.2, 0.25) is 10.4 Å². The van der Waals surface area contributed by atoms with Gasteiger partial charge in [-0.25, -0.2) is 18.5 Å². The molecular formula is C25H32Cl2FN5O5. The number of carbonyl (C=O) groups excluding carboxylic acids is 2. The summed E-state index contributed by atoms with van der Waals surface area (Å²) >= 11 is 12.8. The number of ether oxygens (including phenoxy) is 2. The lowest BCUT2D eigenvalue weighted by Crippen LogP contribution is -2.44. The monoisotopic (exact) mass is 571 g/mol. The normalized spacial score (nSPS) is 13.7. The fourth-order valence-electron chi connectivity index (χ4n) is 3.50. The average molecular weight is 572 g/mol. The molecule has 0 spiro atoms. The zero-order valence-corrected chi connectivity index (χ0v) is 23.9. The topological polar surface area (TPSA) is 111 Å². The van der Waals surface area contributed by atoms with Gasteiger partial charge in [0, 0.05) is 0 Å². The lowest BCUT2D eigenvalue weighted by molar-refractivity contribution is 0.0476. The number of amides is 2. The van der Waals surface area contributed by atoms with E-state index in [4.69, 9.17) is 37.1 Å². The number of fused-ring (bicyclic) bond motifs is 1. The minimum absolute atomic E-state index is 0.000777. The van der Waals surface area contributed by atoms with Crippen molar-refractivity contribution in [1.82, 2.24) is 19.9 Å². The van der Waals surface area contributed by atoms with Crippen molar-refractivity contribution in [3.8, 4) is 0 Å². The Kier molecular flexibility index (Phi) is 8.82. The quantitative estimate of drug-likeness (QED) is 0.351. The summed E-state index contributed by atoms with van der Waals surface area (Å²) in [6.07, 6.45) is -1.42. The summed E-state index contributed by atoms with van der Waals surface area (Å²) in [5.74, 6) is 0.572. The van der Waals surface area contributed by atoms with Crippen LogP contribution in [-0.4, -0.2) is 50.2 Å². The molecule has 0 saturated carbocycles. The van der Waals surface area contributed by atoms with E-state index in [1.807, 2.05) is 0 Å². The van der Waals surface area contributed by atoms with Crippen LogP contribution in [0.1, 0.15) is 59.8 Å². The number of hydrogen-bond acceptors (Lipinski definition) is 7. The molecule has 3 aromatic rings. The molecule has 3 rings (SSSR count). The average Bonchev–Trinajstić information content (AvgIpc) is 3.37. The van der Waals surface area contributed by atoms with Gasteiger partial charge in [0.05, 0.1) is 18.8 Å². The number of nitrogens with one attached hydrogen (secondary N) is 1. The zero-order valence-electron chi connectivity index (χ0n) is 22.3. The van der Waals surface area contributed by atoms with Crippen molar-refractivity contribution in [3.63, 3.8) is 0 Å². The van der Waals surface area contributed by atoms with Crippen LogP contribution in [0, 0.1) is 0 Å². The van der Waals surface area contributed by atoms with Crippen molar-refractivity contribution in [2.75, 3.05) is 4.90 Å². The van der Waals surface area contributed by atoms with E-state index in [0.717, 1.165) is 0 Å². The molecule has 2 atom stereocenters. The fraction of sp³-hybridized carbons (Fsp3) is 0.520. The van der Waals surface area contributed by atoms with Crippen LogP contribution in [0.25, 0.3) is 5.52 Å². The van der Waals surface area contributed by atoms with Gasteiger partial charge in [-0.05, 0) is 90.3 Å². The number of alkyl carbamates (subject to hydrolysis) is 1. The number of carbonyl (C=O) groups is 2. The molecule has 0 bridgehead atoms. The molecule has 1 N–H and O–H groups in total. The Bertz CT molecular complexity index is 1280. The van der Waals surface area contributed by atoms with Crippen LogP contribution in [0.4, 0.5) is 19.8 Å². The third-order valence-electron chi connectivity index (χ3n) is 5.06. The number of aromatic nitrogens is 3. The van der Waals surface area contributed by atoms with Gasteiger partial charge in [0.25, 0.3) is 0 Å². The summed E-state index contributed by atoms with van der Waals surface area (Å²) in [6.45, 7) is 11.6. The smallest absolute Gasteiger partial charge is 0.416 e. The predicted molar refractivity (Wildman–Crippen MR) is 142 cm³/mol. The molecule has 208 valence electrons. The van der Waals surface area contributed by atoms with Gasteiger partial charge in [0.1, 0.15) is 33.8 Å². The molecule has 38 heavy (non-hydrogen) atoms. The van der Waals surface area contributed by atoms with Crippen LogP contribution in [0.5, 0.6) is 0 Å². The standard InChI is InChI=1S/C25H32Cl2FN5O5/c1-14(28)17(29-22(34)37-24(2,3)4)11-15-12-18-20(30-21(27)31-33(18)19(15)26)32(13-16-9-8-10-36-16)23(35)38-25(5,6)7/h8-10,12,14,17H,11,13H2,1-7H3,(H,29,34)/t14-,17+/m0/s1. The summed E-state index contributed by atoms with van der Waals surface area (Å²) in [7, 11) is 0. The molecule has 0 unspecified atom stereocenters.